The molecule has 0 aliphatic heterocycles. The summed E-state index contributed by atoms with van der Waals surface area (Å²) < 4.78 is 2.34. The Morgan fingerprint density at radius 2 is 1.73 bits per heavy atom. The summed E-state index contributed by atoms with van der Waals surface area (Å²) in [6.45, 7) is 8.95. The van der Waals surface area contributed by atoms with E-state index in [1.807, 2.05) is 0 Å². The molecule has 0 aromatic carbocycles. The molecule has 1 nitrogen and oxygen atoms in total. The predicted molar refractivity (Wildman–Crippen MR) is 66.6 cm³/mol. The van der Waals surface area contributed by atoms with E-state index in [-0.39, 0.29) is 0 Å². The summed E-state index contributed by atoms with van der Waals surface area (Å²) in [7, 11) is 2.18. The topological polar surface area (TPSA) is 3.88 Å². The second kappa shape index (κ2) is 3.60. The molecule has 0 saturated carbocycles. The predicted octanol–water partition coefficient (Wildman–Crippen LogP) is 3.47. The lowest BCUT2D eigenvalue weighted by Crippen LogP contribution is -2.38. The maximum Gasteiger partial charge on any atom is 0.192 e. The third kappa shape index (κ3) is 1.48. The number of aromatic nitrogens is 1. The molecule has 2 heterocycles. The van der Waals surface area contributed by atoms with Crippen LogP contribution >= 0.6 is 11.3 Å². The number of nitrogens with zero attached hydrogens (tertiary/aromatic N) is 1. The smallest absolute Gasteiger partial charge is 0.192 e. The minimum Gasteiger partial charge on any atom is -0.202 e. The molecule has 0 saturated heterocycles. The highest BCUT2D eigenvalue weighted by atomic mass is 32.1. The number of thiophene rings is 1. The van der Waals surface area contributed by atoms with Crippen LogP contribution in [0, 0.1) is 13.8 Å². The van der Waals surface area contributed by atoms with E-state index in [0.717, 1.165) is 0 Å². The van der Waals surface area contributed by atoms with E-state index >= 15 is 0 Å². The van der Waals surface area contributed by atoms with Gasteiger partial charge in [0.15, 0.2) is 11.4 Å². The van der Waals surface area contributed by atoms with Crippen LogP contribution in [0.3, 0.4) is 0 Å². The van der Waals surface area contributed by atoms with Crippen LogP contribution in [0.4, 0.5) is 0 Å². The highest BCUT2D eigenvalue weighted by Gasteiger charge is 2.21. The molecule has 0 amide bonds. The van der Waals surface area contributed by atoms with Crippen molar-refractivity contribution in [1.82, 2.24) is 0 Å². The molecule has 0 N–H and O–H groups in total. The van der Waals surface area contributed by atoms with E-state index in [1.54, 1.807) is 11.3 Å². The summed E-state index contributed by atoms with van der Waals surface area (Å²) in [5.41, 5.74) is 4.25. The van der Waals surface area contributed by atoms with Crippen molar-refractivity contribution in [3.05, 3.63) is 27.7 Å². The number of aryl methyl sites for hydroxylation is 1. The molecule has 2 heteroatoms. The number of rotatable bonds is 1. The van der Waals surface area contributed by atoms with E-state index in [2.05, 4.69) is 50.1 Å². The Kier molecular flexibility index (Phi) is 2.55. The van der Waals surface area contributed by atoms with Gasteiger partial charge in [-0.05, 0) is 12.3 Å². The highest BCUT2D eigenvalue weighted by Crippen LogP contribution is 2.29. The molecule has 0 unspecified atom stereocenters. The van der Waals surface area contributed by atoms with Gasteiger partial charge in [-0.3, -0.25) is 0 Å². The molecular formula is C13H18NS+. The molecule has 0 radical (unpaired) electrons. The fraction of sp³-hybridized carbons (Fsp3) is 0.462. The van der Waals surface area contributed by atoms with Crippen LogP contribution in [-0.4, -0.2) is 0 Å². The van der Waals surface area contributed by atoms with Gasteiger partial charge in [-0.1, -0.05) is 13.8 Å². The van der Waals surface area contributed by atoms with Crippen molar-refractivity contribution in [1.29, 1.82) is 0 Å². The number of pyridine rings is 1. The van der Waals surface area contributed by atoms with Crippen LogP contribution in [0.1, 0.15) is 36.7 Å². The van der Waals surface area contributed by atoms with Gasteiger partial charge in [-0.2, -0.15) is 11.3 Å². The van der Waals surface area contributed by atoms with Gasteiger partial charge in [-0.15, -0.1) is 0 Å². The quantitative estimate of drug-likeness (QED) is 0.648. The Balaban J connectivity index is 2.94. The molecule has 2 rings (SSSR count). The lowest BCUT2D eigenvalue weighted by molar-refractivity contribution is -0.685. The van der Waals surface area contributed by atoms with Crippen LogP contribution in [-0.2, 0) is 7.05 Å². The van der Waals surface area contributed by atoms with E-state index in [4.69, 9.17) is 0 Å². The van der Waals surface area contributed by atoms with Crippen molar-refractivity contribution in [2.75, 3.05) is 0 Å². The summed E-state index contributed by atoms with van der Waals surface area (Å²) >= 11 is 1.80. The van der Waals surface area contributed by atoms with Gasteiger partial charge < -0.3 is 0 Å². The molecule has 0 aliphatic rings. The van der Waals surface area contributed by atoms with E-state index in [9.17, 15) is 0 Å². The Morgan fingerprint density at radius 3 is 2.33 bits per heavy atom. The average molecular weight is 220 g/mol. The van der Waals surface area contributed by atoms with Crippen LogP contribution in [0.2, 0.25) is 0 Å². The number of hydrogen-bond acceptors (Lipinski definition) is 1. The summed E-state index contributed by atoms with van der Waals surface area (Å²) in [6.07, 6.45) is 0. The average Bonchev–Trinajstić information content (AvgIpc) is 2.62. The minimum absolute atomic E-state index is 0.575. The zero-order valence-electron chi connectivity index (χ0n) is 10.1. The van der Waals surface area contributed by atoms with Crippen molar-refractivity contribution < 1.29 is 4.57 Å². The third-order valence-corrected chi connectivity index (χ3v) is 4.04. The first kappa shape index (κ1) is 10.6. The fourth-order valence-electron chi connectivity index (χ4n) is 2.29. The van der Waals surface area contributed by atoms with Crippen molar-refractivity contribution >= 4 is 22.1 Å². The zero-order chi connectivity index (χ0) is 11.2. The first-order valence-electron chi connectivity index (χ1n) is 5.39. The van der Waals surface area contributed by atoms with Crippen LogP contribution in [0.5, 0.6) is 0 Å². The number of fused-ring (bicyclic) bond motifs is 1. The molecule has 80 valence electrons. The standard InChI is InChI=1S/C13H18NS/c1-8(2)13-12-7-15-6-11(12)9(3)10(4)14(13)5/h6-8H,1-5H3/q+1. The summed E-state index contributed by atoms with van der Waals surface area (Å²) in [4.78, 5) is 0. The maximum atomic E-state index is 2.34. The van der Waals surface area contributed by atoms with Crippen LogP contribution < -0.4 is 4.57 Å². The lowest BCUT2D eigenvalue weighted by atomic mass is 10.0. The fourth-order valence-corrected chi connectivity index (χ4v) is 3.18. The van der Waals surface area contributed by atoms with Gasteiger partial charge in [0.25, 0.3) is 0 Å². The summed E-state index contributed by atoms with van der Waals surface area (Å²) in [5.74, 6) is 0.575. The second-order valence-electron chi connectivity index (χ2n) is 4.51. The first-order valence-corrected chi connectivity index (χ1v) is 6.33. The first-order chi connectivity index (χ1) is 7.04. The molecule has 0 aliphatic carbocycles. The number of hydrogen-bond donors (Lipinski definition) is 0. The normalized spacial score (nSPS) is 11.6. The van der Waals surface area contributed by atoms with Crippen LogP contribution in [0.15, 0.2) is 10.8 Å². The van der Waals surface area contributed by atoms with E-state index in [1.165, 1.54) is 27.7 Å². The molecule has 2 aromatic rings. The van der Waals surface area contributed by atoms with Gasteiger partial charge >= 0.3 is 0 Å². The summed E-state index contributed by atoms with van der Waals surface area (Å²) in [6, 6.07) is 0. The maximum absolute atomic E-state index is 2.34. The Labute approximate surface area is 95.4 Å². The van der Waals surface area contributed by atoms with Crippen molar-refractivity contribution in [3.63, 3.8) is 0 Å². The monoisotopic (exact) mass is 220 g/mol. The van der Waals surface area contributed by atoms with Gasteiger partial charge in [-0.25, -0.2) is 4.57 Å². The van der Waals surface area contributed by atoms with E-state index in [0.29, 0.717) is 5.92 Å². The Hall–Kier alpha value is -0.890. The highest BCUT2D eigenvalue weighted by molar-refractivity contribution is 7.09. The molecule has 2 aromatic heterocycles. The molecule has 0 bridgehead atoms. The van der Waals surface area contributed by atoms with Gasteiger partial charge in [0.2, 0.25) is 0 Å². The molecular weight excluding hydrogens is 202 g/mol. The molecule has 15 heavy (non-hydrogen) atoms. The van der Waals surface area contributed by atoms with E-state index < -0.39 is 0 Å². The minimum atomic E-state index is 0.575. The van der Waals surface area contributed by atoms with Gasteiger partial charge in [0.1, 0.15) is 7.05 Å². The Bertz CT molecular complexity index is 509. The zero-order valence-corrected chi connectivity index (χ0v) is 10.9. The molecule has 0 fully saturated rings. The van der Waals surface area contributed by atoms with Crippen molar-refractivity contribution in [2.24, 2.45) is 7.05 Å². The second-order valence-corrected chi connectivity index (χ2v) is 5.25. The SMILES string of the molecule is Cc1c(C)[n+](C)c(C(C)C)c2cscc12. The van der Waals surface area contributed by atoms with Crippen LogP contribution in [0.25, 0.3) is 10.8 Å². The van der Waals surface area contributed by atoms with Gasteiger partial charge in [0.05, 0.1) is 5.39 Å². The third-order valence-electron chi connectivity index (χ3n) is 3.30. The van der Waals surface area contributed by atoms with Crippen molar-refractivity contribution in [2.45, 2.75) is 33.6 Å². The molecule has 0 spiro atoms. The largest absolute Gasteiger partial charge is 0.202 e. The molecule has 0 atom stereocenters. The lowest BCUT2D eigenvalue weighted by Gasteiger charge is -2.10. The summed E-state index contributed by atoms with van der Waals surface area (Å²) in [5, 5.41) is 7.40. The van der Waals surface area contributed by atoms with Crippen molar-refractivity contribution in [3.8, 4) is 0 Å². The van der Waals surface area contributed by atoms with Gasteiger partial charge in [0, 0.05) is 29.2 Å². The Morgan fingerprint density at radius 1 is 1.13 bits per heavy atom.